The third-order valence-electron chi connectivity index (χ3n) is 23.1. The maximum atomic E-state index is 15.2. The molecule has 2 aromatic carbocycles. The number of nitrogens with one attached hydrogen (secondary N) is 4. The van der Waals surface area contributed by atoms with Gasteiger partial charge in [-0.2, -0.15) is 0 Å². The van der Waals surface area contributed by atoms with Gasteiger partial charge in [0.15, 0.2) is 11.6 Å². The summed E-state index contributed by atoms with van der Waals surface area (Å²) in [5.74, 6) is -8.32. The van der Waals surface area contributed by atoms with Gasteiger partial charge >= 0.3 is 12.1 Å². The van der Waals surface area contributed by atoms with Gasteiger partial charge in [-0.3, -0.25) is 57.6 Å². The number of ketones is 3. The number of aliphatic hydroxyl groups excluding tert-OH is 1. The van der Waals surface area contributed by atoms with E-state index in [1.807, 2.05) is 77.4 Å². The molecule has 0 saturated carbocycles. The maximum Gasteiger partial charge on any atom is 0.411 e. The van der Waals surface area contributed by atoms with Crippen LogP contribution in [0, 0.1) is 47.3 Å². The summed E-state index contributed by atoms with van der Waals surface area (Å²) in [6.07, 6.45) is 1.22. The lowest BCUT2D eigenvalue weighted by Crippen LogP contribution is -2.54. The van der Waals surface area contributed by atoms with Crippen LogP contribution in [0.2, 0.25) is 0 Å². The molecule has 32 nitrogen and oxygen atoms in total. The molecule has 676 valence electrons. The number of primary amides is 1. The molecule has 6 rings (SSSR count). The summed E-state index contributed by atoms with van der Waals surface area (Å²) in [6, 6.07) is 12.2. The van der Waals surface area contributed by atoms with E-state index in [1.165, 1.54) is 62.1 Å². The van der Waals surface area contributed by atoms with Crippen LogP contribution in [0.1, 0.15) is 183 Å². The van der Waals surface area contributed by atoms with Crippen LogP contribution in [-0.2, 0) is 87.6 Å². The number of benzene rings is 2. The molecule has 3 aromatic rings. The number of amides is 11. The third-order valence-corrected chi connectivity index (χ3v) is 24.1. The van der Waals surface area contributed by atoms with Gasteiger partial charge in [0.05, 0.1) is 88.5 Å². The topological polar surface area (TPSA) is 404 Å². The zero-order valence-corrected chi connectivity index (χ0v) is 74.6. The minimum Gasteiger partial charge on any atom is -0.431 e. The van der Waals surface area contributed by atoms with Crippen molar-refractivity contribution in [3.8, 4) is 0 Å². The van der Waals surface area contributed by atoms with E-state index in [0.717, 1.165) is 15.5 Å². The van der Waals surface area contributed by atoms with Crippen LogP contribution in [-0.4, -0.2) is 287 Å². The average molecular weight is 1720 g/mol. The van der Waals surface area contributed by atoms with Crippen molar-refractivity contribution in [2.75, 3.05) is 145 Å². The summed E-state index contributed by atoms with van der Waals surface area (Å²) in [6.45, 7) is 20.7. The fourth-order valence-corrected chi connectivity index (χ4v) is 16.6. The first-order chi connectivity index (χ1) is 58.3. The number of thiazole rings is 1. The lowest BCUT2D eigenvalue weighted by Gasteiger charge is -2.41. The predicted octanol–water partition coefficient (Wildman–Crippen LogP) is 7.63. The Bertz CT molecular complexity index is 3750. The molecule has 1 unspecified atom stereocenters. The summed E-state index contributed by atoms with van der Waals surface area (Å²) in [7, 11) is 7.78. The van der Waals surface area contributed by atoms with Gasteiger partial charge in [0.25, 0.3) is 5.91 Å². The minimum absolute atomic E-state index is 0.0149. The second-order valence-corrected chi connectivity index (χ2v) is 33.7. The number of aromatic nitrogens is 1. The van der Waals surface area contributed by atoms with E-state index in [0.29, 0.717) is 65.0 Å². The van der Waals surface area contributed by atoms with E-state index < -0.39 is 107 Å². The molecular weight excluding hydrogens is 1580 g/mol. The summed E-state index contributed by atoms with van der Waals surface area (Å²) < 4.78 is 40.3. The zero-order valence-electron chi connectivity index (χ0n) is 74.8. The lowest BCUT2D eigenvalue weighted by molar-refractivity contribution is -0.148. The SMILES string of the molecule is CC[C@H](C)[C@@H]([C@@H](CC(=O)N1CCC[C@H]1[C@H](CO)[C@@H](C)C(=O)C[C@@H](Cc1ccccc1)c1nccs1)OC)N(C)C(=O)[C@@H](CC(=O)[C@H](C(C)C)N(C)C(=O)OC(C(=O)N1CCN(C)CC1)c1ccc(NC(=O)[C@H](CCCNC(N)=O)CC(=O)[C@@H](NC(=O)CCOCCOCCOCCOCCNC(=O)CCN2C(=O)CCC2=O)C(C)C)cc1)C(C)C.[3H]C. The first-order valence-corrected chi connectivity index (χ1v) is 43.4. The molecule has 3 aliphatic heterocycles. The van der Waals surface area contributed by atoms with Crippen LogP contribution in [0.25, 0.3) is 0 Å². The fourth-order valence-electron chi connectivity index (χ4n) is 15.9. The van der Waals surface area contributed by atoms with Crippen molar-refractivity contribution in [3.63, 3.8) is 0 Å². The number of likely N-dealkylation sites (tertiary alicyclic amines) is 2. The number of likely N-dealkylation sites (N-methyl/N-ethyl adjacent to an activating group) is 3. The summed E-state index contributed by atoms with van der Waals surface area (Å²) >= 11 is 1.51. The summed E-state index contributed by atoms with van der Waals surface area (Å²) in [5, 5.41) is 24.7. The minimum atomic E-state index is -1.52. The second-order valence-electron chi connectivity index (χ2n) is 32.8. The van der Waals surface area contributed by atoms with Gasteiger partial charge in [0.2, 0.25) is 47.5 Å². The van der Waals surface area contributed by atoms with Gasteiger partial charge in [0, 0.05) is 185 Å². The van der Waals surface area contributed by atoms with E-state index in [-0.39, 0.29) is 207 Å². The van der Waals surface area contributed by atoms with Crippen LogP contribution in [0.4, 0.5) is 15.3 Å². The van der Waals surface area contributed by atoms with Crippen LogP contribution in [0.15, 0.2) is 66.2 Å². The Hall–Kier alpha value is -8.70. The highest BCUT2D eigenvalue weighted by molar-refractivity contribution is 7.09. The molecule has 4 heterocycles. The van der Waals surface area contributed by atoms with Crippen molar-refractivity contribution in [2.45, 2.75) is 202 Å². The van der Waals surface area contributed by atoms with Gasteiger partial charge < -0.3 is 85.0 Å². The molecular formula is C88H138N12O20S. The number of hydrogen-bond donors (Lipinski definition) is 6. The van der Waals surface area contributed by atoms with Crippen molar-refractivity contribution in [1.29, 1.82) is 0 Å². The van der Waals surface area contributed by atoms with Crippen molar-refractivity contribution in [1.82, 2.24) is 50.3 Å². The molecule has 3 saturated heterocycles. The number of aliphatic hydroxyl groups is 1. The first kappa shape index (κ1) is 101. The van der Waals surface area contributed by atoms with E-state index in [2.05, 4.69) is 31.2 Å². The highest BCUT2D eigenvalue weighted by Gasteiger charge is 2.45. The largest absolute Gasteiger partial charge is 0.431 e. The summed E-state index contributed by atoms with van der Waals surface area (Å²) in [4.78, 5) is 192. The number of methoxy groups -OCH3 is 1. The van der Waals surface area contributed by atoms with Crippen LogP contribution < -0.4 is 27.0 Å². The Kier molecular flexibility index (Phi) is 44.6. The normalized spacial score (nSPS) is 17.2. The molecule has 3 fully saturated rings. The van der Waals surface area contributed by atoms with Gasteiger partial charge in [-0.05, 0) is 80.5 Å². The van der Waals surface area contributed by atoms with Crippen molar-refractivity contribution in [2.24, 2.45) is 53.1 Å². The molecule has 33 heteroatoms. The predicted molar refractivity (Wildman–Crippen MR) is 458 cm³/mol. The number of imide groups is 1. The van der Waals surface area contributed by atoms with Crippen molar-refractivity contribution < 1.29 is 97.2 Å². The molecule has 0 spiro atoms. The lowest BCUT2D eigenvalue weighted by atomic mass is 9.80. The van der Waals surface area contributed by atoms with E-state index >= 15 is 9.59 Å². The van der Waals surface area contributed by atoms with Gasteiger partial charge in [-0.15, -0.1) is 11.3 Å². The quantitative estimate of drug-likeness (QED) is 0.0233. The maximum absolute atomic E-state index is 15.2. The number of carbonyl (C=O) groups excluding carboxylic acids is 13. The molecule has 0 radical (unpaired) electrons. The number of carbonyl (C=O) groups is 13. The number of Topliss-reactive ketones (excluding diaryl/α,β-unsaturated/α-hetero) is 3. The number of rotatable bonds is 55. The molecule has 0 aliphatic carbocycles. The first-order valence-electron chi connectivity index (χ1n) is 43.6. The summed E-state index contributed by atoms with van der Waals surface area (Å²) in [5.41, 5.74) is 6.95. The van der Waals surface area contributed by atoms with Gasteiger partial charge in [-0.25, -0.2) is 14.6 Å². The van der Waals surface area contributed by atoms with E-state index in [1.54, 1.807) is 55.6 Å². The number of nitrogens with zero attached hydrogens (tertiary/aromatic N) is 7. The number of nitrogens with two attached hydrogens (primary N) is 1. The molecule has 11 amide bonds. The number of ether oxygens (including phenoxy) is 6. The monoisotopic (exact) mass is 1720 g/mol. The van der Waals surface area contributed by atoms with Crippen LogP contribution in [0.3, 0.4) is 0 Å². The Labute approximate surface area is 720 Å². The third kappa shape index (κ3) is 32.8. The molecule has 121 heavy (non-hydrogen) atoms. The van der Waals surface area contributed by atoms with E-state index in [9.17, 15) is 57.8 Å². The van der Waals surface area contributed by atoms with Gasteiger partial charge in [0.1, 0.15) is 5.78 Å². The highest BCUT2D eigenvalue weighted by Crippen LogP contribution is 2.36. The Balaban J connectivity index is 0.0000131. The number of hydrogen-bond acceptors (Lipinski definition) is 23. The fraction of sp³-hybridized carbons (Fsp3) is 0.682. The molecule has 1 aromatic heterocycles. The zero-order chi connectivity index (χ0) is 90.1. The van der Waals surface area contributed by atoms with Crippen LogP contribution >= 0.6 is 11.3 Å². The van der Waals surface area contributed by atoms with E-state index in [4.69, 9.17) is 35.5 Å². The standard InChI is InChI=1S/C87H134N12O20S.CH4/c1-14-59(8)80(72(114-13)54-77(108)98-35-19-23-68(98)67(55-100)60(9)69(101)52-64(83-90-34-49-120-83)50-61-20-16-15-17-21-61)95(11)84(110)66(56(2)3)53-71(103)79(58(6)7)96(12)87(113)119-81(85(111)97-39-37-94(10)38-40-97)62-24-26-65(27-25-62)92-82(109)63(22-18-32-91-86(88)112)51-70(102)78(57(4)5)93-74(105)31-41-115-43-45-117-47-48-118-46-44-116-42-33-89-73(104)30-36-99-75(106)28-29-76(99)107;/h15-17,20-21,24-27,34,49,56-60,63-64,66-68,72,78-81,100H,14,18-19,22-23,28-33,35-48,50-55H2,1-13H3,(H,89,104)(H,92,109)(H,93,105)(H3,88,91,112);1H4/t59-,60+,63+,64+,66-,67+,68-,72+,78-,79-,80-,81?;/m0./s1/i;1T. The number of piperazine rings is 1. The number of anilines is 1. The highest BCUT2D eigenvalue weighted by atomic mass is 32.1. The Morgan fingerprint density at radius 2 is 1.34 bits per heavy atom. The molecule has 7 N–H and O–H groups in total. The molecule has 12 atom stereocenters. The Morgan fingerprint density at radius 3 is 1.91 bits per heavy atom. The van der Waals surface area contributed by atoms with Crippen molar-refractivity contribution >= 4 is 93.8 Å². The van der Waals surface area contributed by atoms with Crippen molar-refractivity contribution in [3.05, 3.63) is 82.3 Å². The molecule has 3 aliphatic rings. The Morgan fingerprint density at radius 1 is 0.711 bits per heavy atom. The second kappa shape index (κ2) is 53.4. The average Bonchev–Trinajstić information content (AvgIpc) is 1.22. The molecule has 0 bridgehead atoms. The number of urea groups is 1. The van der Waals surface area contributed by atoms with Crippen LogP contribution in [0.5, 0.6) is 0 Å². The van der Waals surface area contributed by atoms with Gasteiger partial charge in [-0.1, -0.05) is 119 Å². The smallest absolute Gasteiger partial charge is 0.411 e.